The van der Waals surface area contributed by atoms with Crippen LogP contribution in [0.5, 0.6) is 0 Å². The van der Waals surface area contributed by atoms with Crippen LogP contribution in [0.15, 0.2) is 12.1 Å². The van der Waals surface area contributed by atoms with E-state index in [9.17, 15) is 9.18 Å². The van der Waals surface area contributed by atoms with E-state index in [4.69, 9.17) is 23.2 Å². The first-order valence-electron chi connectivity index (χ1n) is 3.30. The van der Waals surface area contributed by atoms with Gasteiger partial charge in [0.25, 0.3) is 0 Å². The summed E-state index contributed by atoms with van der Waals surface area (Å²) in [6, 6.07) is 2.70. The van der Waals surface area contributed by atoms with E-state index in [0.717, 1.165) is 0 Å². The Morgan fingerprint density at radius 3 is 2.62 bits per heavy atom. The van der Waals surface area contributed by atoms with E-state index < -0.39 is 5.82 Å². The van der Waals surface area contributed by atoms with Crippen LogP contribution in [-0.4, -0.2) is 11.1 Å². The van der Waals surface area contributed by atoms with Crippen molar-refractivity contribution in [1.29, 1.82) is 0 Å². The van der Waals surface area contributed by atoms with Crippen molar-refractivity contribution in [2.24, 2.45) is 0 Å². The number of hydrogen-bond acceptors (Lipinski definition) is 1. The zero-order valence-corrected chi connectivity index (χ0v) is 9.38. The third-order valence-corrected chi connectivity index (χ3v) is 2.63. The van der Waals surface area contributed by atoms with Crippen molar-refractivity contribution in [2.45, 2.75) is 0 Å². The third kappa shape index (κ3) is 2.22. The zero-order chi connectivity index (χ0) is 10.0. The molecule has 0 atom stereocenters. The maximum Gasteiger partial charge on any atom is 0.174 e. The number of rotatable bonds is 2. The number of benzene rings is 1. The van der Waals surface area contributed by atoms with Crippen LogP contribution in [-0.2, 0) is 0 Å². The van der Waals surface area contributed by atoms with Gasteiger partial charge in [0.15, 0.2) is 11.6 Å². The van der Waals surface area contributed by atoms with Gasteiger partial charge in [0.1, 0.15) is 0 Å². The number of hydrogen-bond donors (Lipinski definition) is 0. The maximum absolute atomic E-state index is 13.1. The van der Waals surface area contributed by atoms with Crippen molar-refractivity contribution < 1.29 is 9.18 Å². The van der Waals surface area contributed by atoms with E-state index in [1.807, 2.05) is 0 Å². The minimum atomic E-state index is -0.755. The highest BCUT2D eigenvalue weighted by atomic mass is 79.9. The van der Waals surface area contributed by atoms with Crippen LogP contribution < -0.4 is 0 Å². The highest BCUT2D eigenvalue weighted by Gasteiger charge is 2.14. The normalized spacial score (nSPS) is 10.2. The van der Waals surface area contributed by atoms with Crippen LogP contribution in [0.25, 0.3) is 0 Å². The minimum Gasteiger partial charge on any atom is -0.293 e. The summed E-state index contributed by atoms with van der Waals surface area (Å²) >= 11 is 14.0. The van der Waals surface area contributed by atoms with Gasteiger partial charge in [-0.05, 0) is 12.1 Å². The highest BCUT2D eigenvalue weighted by molar-refractivity contribution is 9.09. The van der Waals surface area contributed by atoms with Crippen molar-refractivity contribution in [3.8, 4) is 0 Å². The van der Waals surface area contributed by atoms with E-state index in [-0.39, 0.29) is 26.7 Å². The van der Waals surface area contributed by atoms with Gasteiger partial charge < -0.3 is 0 Å². The summed E-state index contributed by atoms with van der Waals surface area (Å²) in [5, 5.41) is -0.207. The first-order chi connectivity index (χ1) is 6.07. The Balaban J connectivity index is 3.26. The van der Waals surface area contributed by atoms with Crippen molar-refractivity contribution in [3.63, 3.8) is 0 Å². The molecular weight excluding hydrogens is 282 g/mol. The monoisotopic (exact) mass is 284 g/mol. The topological polar surface area (TPSA) is 17.1 Å². The molecule has 13 heavy (non-hydrogen) atoms. The molecular formula is C8H4BrCl2FO. The van der Waals surface area contributed by atoms with E-state index in [1.165, 1.54) is 12.1 Å². The third-order valence-electron chi connectivity index (χ3n) is 1.46. The van der Waals surface area contributed by atoms with Crippen molar-refractivity contribution in [3.05, 3.63) is 33.6 Å². The second kappa shape index (κ2) is 4.40. The molecule has 5 heteroatoms. The summed E-state index contributed by atoms with van der Waals surface area (Å²) in [7, 11) is 0. The van der Waals surface area contributed by atoms with Gasteiger partial charge in [-0.15, -0.1) is 0 Å². The molecule has 0 aliphatic carbocycles. The summed E-state index contributed by atoms with van der Waals surface area (Å²) in [6.45, 7) is 0. The summed E-state index contributed by atoms with van der Waals surface area (Å²) in [5.41, 5.74) is 0.139. The number of halogens is 4. The highest BCUT2D eigenvalue weighted by Crippen LogP contribution is 2.26. The van der Waals surface area contributed by atoms with Gasteiger partial charge in [0.2, 0.25) is 0 Å². The van der Waals surface area contributed by atoms with Gasteiger partial charge in [-0.25, -0.2) is 4.39 Å². The lowest BCUT2D eigenvalue weighted by atomic mass is 10.1. The molecule has 1 nitrogen and oxygen atoms in total. The van der Waals surface area contributed by atoms with Crippen LogP contribution in [0.2, 0.25) is 10.0 Å². The molecule has 1 rings (SSSR count). The predicted molar refractivity (Wildman–Crippen MR) is 54.5 cm³/mol. The van der Waals surface area contributed by atoms with Gasteiger partial charge in [-0.3, -0.25) is 4.79 Å². The molecule has 0 saturated carbocycles. The molecule has 0 radical (unpaired) electrons. The largest absolute Gasteiger partial charge is 0.293 e. The number of Topliss-reactive ketones (excluding diaryl/α,β-unsaturated/α-hetero) is 1. The van der Waals surface area contributed by atoms with E-state index >= 15 is 0 Å². The quantitative estimate of drug-likeness (QED) is 0.460. The maximum atomic E-state index is 13.1. The number of alkyl halides is 1. The predicted octanol–water partition coefficient (Wildman–Crippen LogP) is 3.71. The summed E-state index contributed by atoms with van der Waals surface area (Å²) in [6.07, 6.45) is 0. The molecule has 1 aromatic carbocycles. The lowest BCUT2D eigenvalue weighted by Crippen LogP contribution is -2.02. The molecule has 0 aliphatic heterocycles. The average Bonchev–Trinajstić information content (AvgIpc) is 2.13. The minimum absolute atomic E-state index is 0.0869. The van der Waals surface area contributed by atoms with Crippen LogP contribution in [0.3, 0.4) is 0 Å². The van der Waals surface area contributed by atoms with Crippen LogP contribution in [0.1, 0.15) is 10.4 Å². The van der Waals surface area contributed by atoms with Gasteiger partial charge in [-0.2, -0.15) is 0 Å². The Labute approximate surface area is 93.0 Å². The Kier molecular flexibility index (Phi) is 3.71. The zero-order valence-electron chi connectivity index (χ0n) is 6.28. The van der Waals surface area contributed by atoms with E-state index in [2.05, 4.69) is 15.9 Å². The fourth-order valence-electron chi connectivity index (χ4n) is 0.813. The molecule has 0 bridgehead atoms. The average molecular weight is 286 g/mol. The fraction of sp³-hybridized carbons (Fsp3) is 0.125. The smallest absolute Gasteiger partial charge is 0.174 e. The second-order valence-electron chi connectivity index (χ2n) is 2.28. The first-order valence-corrected chi connectivity index (χ1v) is 5.18. The Morgan fingerprint density at radius 1 is 1.46 bits per heavy atom. The first kappa shape index (κ1) is 11.0. The summed E-state index contributed by atoms with van der Waals surface area (Å²) in [5.74, 6) is -1.03. The number of carbonyl (C=O) groups excluding carboxylic acids is 1. The summed E-state index contributed by atoms with van der Waals surface area (Å²) < 4.78 is 13.1. The Hall–Kier alpha value is -0.120. The number of carbonyl (C=O) groups is 1. The number of ketones is 1. The molecule has 70 valence electrons. The molecule has 0 spiro atoms. The van der Waals surface area contributed by atoms with E-state index in [0.29, 0.717) is 0 Å². The molecule has 0 aliphatic rings. The van der Waals surface area contributed by atoms with E-state index in [1.54, 1.807) is 0 Å². The lowest BCUT2D eigenvalue weighted by molar-refractivity contribution is 0.102. The van der Waals surface area contributed by atoms with Gasteiger partial charge in [0.05, 0.1) is 15.4 Å². The van der Waals surface area contributed by atoms with Crippen molar-refractivity contribution in [2.75, 3.05) is 5.33 Å². The second-order valence-corrected chi connectivity index (χ2v) is 3.63. The Morgan fingerprint density at radius 2 is 2.08 bits per heavy atom. The standard InChI is InChI=1S/C8H4BrCl2FO/c9-3-6(13)4-1-2-5(10)8(12)7(4)11/h1-2H,3H2. The van der Waals surface area contributed by atoms with Crippen molar-refractivity contribution >= 4 is 44.9 Å². The Bertz CT molecular complexity index is 354. The van der Waals surface area contributed by atoms with Crippen LogP contribution >= 0.6 is 39.1 Å². The molecule has 0 aromatic heterocycles. The van der Waals surface area contributed by atoms with Gasteiger partial charge >= 0.3 is 0 Å². The van der Waals surface area contributed by atoms with Crippen molar-refractivity contribution in [1.82, 2.24) is 0 Å². The SMILES string of the molecule is O=C(CBr)c1ccc(Cl)c(F)c1Cl. The van der Waals surface area contributed by atoms with Crippen LogP contribution in [0, 0.1) is 5.82 Å². The lowest BCUT2D eigenvalue weighted by Gasteiger charge is -2.02. The van der Waals surface area contributed by atoms with Gasteiger partial charge in [0, 0.05) is 5.56 Å². The molecule has 0 N–H and O–H groups in total. The molecule has 0 unspecified atom stereocenters. The van der Waals surface area contributed by atoms with Gasteiger partial charge in [-0.1, -0.05) is 39.1 Å². The molecule has 0 heterocycles. The van der Waals surface area contributed by atoms with Crippen LogP contribution in [0.4, 0.5) is 4.39 Å². The fourth-order valence-corrected chi connectivity index (χ4v) is 1.59. The molecule has 0 saturated heterocycles. The molecule has 0 amide bonds. The molecule has 1 aromatic rings. The summed E-state index contributed by atoms with van der Waals surface area (Å²) in [4.78, 5) is 11.2. The molecule has 0 fully saturated rings.